The minimum atomic E-state index is 0.646. The summed E-state index contributed by atoms with van der Waals surface area (Å²) >= 11 is 1.82. The van der Waals surface area contributed by atoms with Gasteiger partial charge in [0.25, 0.3) is 0 Å². The molecule has 0 saturated heterocycles. The van der Waals surface area contributed by atoms with E-state index in [1.807, 2.05) is 84.1 Å². The van der Waals surface area contributed by atoms with E-state index >= 15 is 0 Å². The molecule has 0 unspecified atom stereocenters. The standard InChI is InChI=1S/C39H23N3OS/c1-3-10-24(11-4-1)37-40-38(25-12-5-2-6-13-25)42-39(41-37)28-15-9-14-26(22-28)27-18-20-33-30(23-27)36-34(44-33)21-19-32-35(36)29-16-7-8-17-31(29)43-32/h1-23H. The van der Waals surface area contributed by atoms with Crippen molar-refractivity contribution < 1.29 is 4.42 Å². The molecule has 4 nitrogen and oxygen atoms in total. The van der Waals surface area contributed by atoms with Crippen molar-refractivity contribution in [1.82, 2.24) is 15.0 Å². The van der Waals surface area contributed by atoms with Crippen molar-refractivity contribution in [2.24, 2.45) is 0 Å². The Morgan fingerprint density at radius 2 is 0.977 bits per heavy atom. The zero-order valence-electron chi connectivity index (χ0n) is 23.4. The Labute approximate surface area is 256 Å². The molecular weight excluding hydrogens is 559 g/mol. The number of para-hydroxylation sites is 1. The van der Waals surface area contributed by atoms with E-state index in [2.05, 4.69) is 66.7 Å². The molecule has 9 aromatic rings. The van der Waals surface area contributed by atoms with E-state index in [0.717, 1.165) is 44.4 Å². The van der Waals surface area contributed by atoms with Crippen LogP contribution in [0.1, 0.15) is 0 Å². The van der Waals surface area contributed by atoms with Crippen molar-refractivity contribution in [2.45, 2.75) is 0 Å². The first kappa shape index (κ1) is 24.9. The second-order valence-electron chi connectivity index (χ2n) is 10.8. The molecular formula is C39H23N3OS. The molecule has 9 rings (SSSR count). The molecule has 0 atom stereocenters. The van der Waals surface area contributed by atoms with E-state index < -0.39 is 0 Å². The molecule has 206 valence electrons. The highest BCUT2D eigenvalue weighted by atomic mass is 32.1. The molecule has 0 saturated carbocycles. The molecule has 5 heteroatoms. The van der Waals surface area contributed by atoms with Crippen molar-refractivity contribution in [3.05, 3.63) is 140 Å². The van der Waals surface area contributed by atoms with Gasteiger partial charge in [0.05, 0.1) is 0 Å². The summed E-state index contributed by atoms with van der Waals surface area (Å²) in [6.07, 6.45) is 0. The van der Waals surface area contributed by atoms with Crippen LogP contribution in [0.3, 0.4) is 0 Å². The Hall–Kier alpha value is -5.65. The Balaban J connectivity index is 1.21. The third-order valence-electron chi connectivity index (χ3n) is 8.13. The Bertz CT molecular complexity index is 2440. The van der Waals surface area contributed by atoms with Gasteiger partial charge in [0.15, 0.2) is 17.5 Å². The highest BCUT2D eigenvalue weighted by molar-refractivity contribution is 7.26. The molecule has 6 aromatic carbocycles. The summed E-state index contributed by atoms with van der Waals surface area (Å²) in [6.45, 7) is 0. The topological polar surface area (TPSA) is 51.8 Å². The third-order valence-corrected chi connectivity index (χ3v) is 9.26. The Morgan fingerprint density at radius 1 is 0.386 bits per heavy atom. The average Bonchev–Trinajstić information content (AvgIpc) is 3.66. The van der Waals surface area contributed by atoms with Crippen molar-refractivity contribution >= 4 is 53.4 Å². The van der Waals surface area contributed by atoms with E-state index in [1.54, 1.807) is 0 Å². The van der Waals surface area contributed by atoms with Gasteiger partial charge < -0.3 is 4.42 Å². The van der Waals surface area contributed by atoms with Gasteiger partial charge in [-0.15, -0.1) is 11.3 Å². The van der Waals surface area contributed by atoms with Gasteiger partial charge in [0.2, 0.25) is 0 Å². The van der Waals surface area contributed by atoms with E-state index in [9.17, 15) is 0 Å². The second kappa shape index (κ2) is 9.97. The molecule has 0 radical (unpaired) electrons. The fourth-order valence-electron chi connectivity index (χ4n) is 6.04. The average molecular weight is 582 g/mol. The van der Waals surface area contributed by atoms with E-state index in [1.165, 1.54) is 25.6 Å². The van der Waals surface area contributed by atoms with Gasteiger partial charge in [-0.05, 0) is 47.5 Å². The predicted molar refractivity (Wildman–Crippen MR) is 182 cm³/mol. The smallest absolute Gasteiger partial charge is 0.164 e. The zero-order chi connectivity index (χ0) is 29.0. The Kier molecular flexibility index (Phi) is 5.64. The highest BCUT2D eigenvalue weighted by Gasteiger charge is 2.16. The lowest BCUT2D eigenvalue weighted by atomic mass is 9.99. The van der Waals surface area contributed by atoms with Crippen LogP contribution in [-0.2, 0) is 0 Å². The molecule has 0 aliphatic carbocycles. The quantitative estimate of drug-likeness (QED) is 0.207. The van der Waals surface area contributed by atoms with Crippen molar-refractivity contribution in [1.29, 1.82) is 0 Å². The van der Waals surface area contributed by atoms with E-state index in [0.29, 0.717) is 17.5 Å². The molecule has 0 aliphatic rings. The molecule has 0 aliphatic heterocycles. The summed E-state index contributed by atoms with van der Waals surface area (Å²) in [5, 5.41) is 4.83. The van der Waals surface area contributed by atoms with Crippen LogP contribution < -0.4 is 0 Å². The van der Waals surface area contributed by atoms with Gasteiger partial charge >= 0.3 is 0 Å². The van der Waals surface area contributed by atoms with E-state index in [4.69, 9.17) is 19.4 Å². The largest absolute Gasteiger partial charge is 0.456 e. The molecule has 0 spiro atoms. The number of aromatic nitrogens is 3. The number of hydrogen-bond donors (Lipinski definition) is 0. The summed E-state index contributed by atoms with van der Waals surface area (Å²) in [4.78, 5) is 14.7. The van der Waals surface area contributed by atoms with Crippen molar-refractivity contribution in [2.75, 3.05) is 0 Å². The predicted octanol–water partition coefficient (Wildman–Crippen LogP) is 10.8. The lowest BCUT2D eigenvalue weighted by molar-refractivity contribution is 0.669. The zero-order valence-corrected chi connectivity index (χ0v) is 24.3. The molecule has 0 N–H and O–H groups in total. The normalized spacial score (nSPS) is 11.6. The monoisotopic (exact) mass is 581 g/mol. The summed E-state index contributed by atoms with van der Waals surface area (Å²) in [7, 11) is 0. The molecule has 0 fully saturated rings. The van der Waals surface area contributed by atoms with Gasteiger partial charge in [-0.1, -0.05) is 103 Å². The minimum absolute atomic E-state index is 0.646. The summed E-state index contributed by atoms with van der Waals surface area (Å²) in [6, 6.07) is 48.0. The fraction of sp³-hybridized carbons (Fsp3) is 0. The van der Waals surface area contributed by atoms with Crippen LogP contribution in [0.2, 0.25) is 0 Å². The van der Waals surface area contributed by atoms with Gasteiger partial charge in [-0.25, -0.2) is 15.0 Å². The highest BCUT2D eigenvalue weighted by Crippen LogP contribution is 2.43. The second-order valence-corrected chi connectivity index (χ2v) is 11.9. The number of hydrogen-bond acceptors (Lipinski definition) is 5. The van der Waals surface area contributed by atoms with Gasteiger partial charge in [-0.2, -0.15) is 0 Å². The summed E-state index contributed by atoms with van der Waals surface area (Å²) < 4.78 is 8.75. The van der Waals surface area contributed by atoms with E-state index in [-0.39, 0.29) is 0 Å². The van der Waals surface area contributed by atoms with Crippen LogP contribution in [0.15, 0.2) is 144 Å². The Morgan fingerprint density at radius 3 is 1.73 bits per heavy atom. The maximum absolute atomic E-state index is 6.23. The van der Waals surface area contributed by atoms with Gasteiger partial charge in [0, 0.05) is 47.6 Å². The first-order chi connectivity index (χ1) is 21.8. The fourth-order valence-corrected chi connectivity index (χ4v) is 7.13. The number of benzene rings is 6. The molecule has 44 heavy (non-hydrogen) atoms. The number of thiophene rings is 1. The number of nitrogens with zero attached hydrogens (tertiary/aromatic N) is 3. The van der Waals surface area contributed by atoms with Crippen molar-refractivity contribution in [3.63, 3.8) is 0 Å². The first-order valence-corrected chi connectivity index (χ1v) is 15.3. The minimum Gasteiger partial charge on any atom is -0.456 e. The van der Waals surface area contributed by atoms with Crippen LogP contribution in [-0.4, -0.2) is 15.0 Å². The van der Waals surface area contributed by atoms with Crippen LogP contribution in [0, 0.1) is 0 Å². The summed E-state index contributed by atoms with van der Waals surface area (Å²) in [5.41, 5.74) is 6.94. The molecule has 3 heterocycles. The van der Waals surface area contributed by atoms with Crippen LogP contribution in [0.5, 0.6) is 0 Å². The van der Waals surface area contributed by atoms with Crippen LogP contribution >= 0.6 is 11.3 Å². The van der Waals surface area contributed by atoms with Crippen LogP contribution in [0.4, 0.5) is 0 Å². The molecule has 3 aromatic heterocycles. The molecule has 0 amide bonds. The number of fused-ring (bicyclic) bond motifs is 7. The lowest BCUT2D eigenvalue weighted by Gasteiger charge is -2.10. The lowest BCUT2D eigenvalue weighted by Crippen LogP contribution is -2.00. The van der Waals surface area contributed by atoms with Crippen molar-refractivity contribution in [3.8, 4) is 45.3 Å². The maximum atomic E-state index is 6.23. The number of furan rings is 1. The molecule has 0 bridgehead atoms. The van der Waals surface area contributed by atoms with Crippen LogP contribution in [0.25, 0.3) is 87.4 Å². The number of rotatable bonds is 4. The van der Waals surface area contributed by atoms with Gasteiger partial charge in [0.1, 0.15) is 11.2 Å². The SMILES string of the molecule is c1ccc(-c2nc(-c3ccccc3)nc(-c3cccc(-c4ccc5sc6ccc7oc8ccccc8c7c6c5c4)c3)n2)cc1. The maximum Gasteiger partial charge on any atom is 0.164 e. The summed E-state index contributed by atoms with van der Waals surface area (Å²) in [5.74, 6) is 1.96. The first-order valence-electron chi connectivity index (χ1n) is 14.5. The third kappa shape index (κ3) is 4.09. The van der Waals surface area contributed by atoms with Gasteiger partial charge in [-0.3, -0.25) is 0 Å².